The molecule has 0 radical (unpaired) electrons. The van der Waals surface area contributed by atoms with Gasteiger partial charge in [-0.2, -0.15) is 0 Å². The van der Waals surface area contributed by atoms with Gasteiger partial charge in [-0.05, 0) is 62.1 Å². The minimum atomic E-state index is 0.0237. The van der Waals surface area contributed by atoms with E-state index in [2.05, 4.69) is 33.9 Å². The van der Waals surface area contributed by atoms with Crippen LogP contribution in [0.25, 0.3) is 0 Å². The predicted molar refractivity (Wildman–Crippen MR) is 153 cm³/mol. The normalized spacial score (nSPS) is 18.9. The van der Waals surface area contributed by atoms with Crippen molar-refractivity contribution in [3.8, 4) is 17.4 Å². The molecule has 4 rings (SSSR count). The molecular weight excluding hydrogens is 492 g/mol. The number of amides is 2. The van der Waals surface area contributed by atoms with E-state index in [-0.39, 0.29) is 18.1 Å². The number of methoxy groups -OCH3 is 1. The van der Waals surface area contributed by atoms with Crippen LogP contribution in [0.2, 0.25) is 0 Å². The molecule has 208 valence electrons. The van der Waals surface area contributed by atoms with Gasteiger partial charge in [0.05, 0.1) is 12.6 Å². The number of nitrogens with one attached hydrogen (secondary N) is 1. The Labute approximate surface area is 231 Å². The van der Waals surface area contributed by atoms with Crippen molar-refractivity contribution in [2.24, 2.45) is 0 Å². The lowest BCUT2D eigenvalue weighted by atomic mass is 9.98. The fourth-order valence-corrected chi connectivity index (χ4v) is 5.09. The lowest BCUT2D eigenvalue weighted by molar-refractivity contribution is 0.119. The van der Waals surface area contributed by atoms with Gasteiger partial charge in [-0.15, -0.1) is 0 Å². The van der Waals surface area contributed by atoms with Crippen LogP contribution in [0.3, 0.4) is 0 Å². The van der Waals surface area contributed by atoms with Gasteiger partial charge in [0.1, 0.15) is 18.1 Å². The van der Waals surface area contributed by atoms with Crippen molar-refractivity contribution in [1.82, 2.24) is 20.1 Å². The summed E-state index contributed by atoms with van der Waals surface area (Å²) in [6.45, 7) is 12.4. The van der Waals surface area contributed by atoms with Crippen molar-refractivity contribution in [3.05, 3.63) is 84.1 Å². The fraction of sp³-hybridized carbons (Fsp3) is 0.419. The van der Waals surface area contributed by atoms with E-state index < -0.39 is 0 Å². The van der Waals surface area contributed by atoms with E-state index in [1.807, 2.05) is 67.3 Å². The molecule has 2 aliphatic heterocycles. The van der Waals surface area contributed by atoms with Gasteiger partial charge < -0.3 is 24.4 Å². The summed E-state index contributed by atoms with van der Waals surface area (Å²) in [5, 5.41) is 3.03. The van der Waals surface area contributed by atoms with Crippen molar-refractivity contribution in [2.45, 2.75) is 45.3 Å². The lowest BCUT2D eigenvalue weighted by Crippen LogP contribution is -2.49. The standard InChI is InChI=1S/C31H40N4O4/c1-5-7-8-24(6-2)29-21-32-31(36)35(29)26-15-17-34(18-16-26)22-25-9-14-30(33-23(25)3)39-28-12-10-27(11-13-28)38-20-19-37-4/h5-14,26,29H,2,15-22H2,1,3-4H3,(H,32,36)/b7-5-,24-8+. The zero-order valence-electron chi connectivity index (χ0n) is 23.3. The third-order valence-corrected chi connectivity index (χ3v) is 7.24. The van der Waals surface area contributed by atoms with E-state index in [0.29, 0.717) is 31.4 Å². The number of allylic oxidation sites excluding steroid dienone is 3. The van der Waals surface area contributed by atoms with E-state index in [0.717, 1.165) is 49.5 Å². The molecule has 0 saturated carbocycles. The Morgan fingerprint density at radius 2 is 1.87 bits per heavy atom. The molecule has 2 fully saturated rings. The number of pyridine rings is 1. The molecular formula is C31H40N4O4. The first-order chi connectivity index (χ1) is 19.0. The van der Waals surface area contributed by atoms with E-state index in [4.69, 9.17) is 14.2 Å². The van der Waals surface area contributed by atoms with Crippen LogP contribution in [0.1, 0.15) is 31.0 Å². The zero-order chi connectivity index (χ0) is 27.6. The van der Waals surface area contributed by atoms with E-state index in [9.17, 15) is 4.79 Å². The number of ether oxygens (including phenoxy) is 3. The van der Waals surface area contributed by atoms with Crippen LogP contribution in [-0.4, -0.2) is 72.9 Å². The highest BCUT2D eigenvalue weighted by atomic mass is 16.5. The van der Waals surface area contributed by atoms with Crippen molar-refractivity contribution in [1.29, 1.82) is 0 Å². The van der Waals surface area contributed by atoms with Gasteiger partial charge in [0.15, 0.2) is 0 Å². The summed E-state index contributed by atoms with van der Waals surface area (Å²) in [5.41, 5.74) is 3.21. The second-order valence-electron chi connectivity index (χ2n) is 9.82. The third kappa shape index (κ3) is 7.49. The first-order valence-corrected chi connectivity index (χ1v) is 13.6. The molecule has 2 amide bonds. The highest BCUT2D eigenvalue weighted by molar-refractivity contribution is 5.78. The molecule has 1 unspecified atom stereocenters. The van der Waals surface area contributed by atoms with Gasteiger partial charge in [-0.1, -0.05) is 36.9 Å². The van der Waals surface area contributed by atoms with Crippen LogP contribution in [0.15, 0.2) is 72.9 Å². The number of aryl methyl sites for hydroxylation is 1. The quantitative estimate of drug-likeness (QED) is 0.297. The molecule has 3 heterocycles. The molecule has 0 spiro atoms. The number of likely N-dealkylation sites (tertiary alicyclic amines) is 1. The molecule has 39 heavy (non-hydrogen) atoms. The molecule has 1 atom stereocenters. The monoisotopic (exact) mass is 532 g/mol. The predicted octanol–water partition coefficient (Wildman–Crippen LogP) is 5.25. The van der Waals surface area contributed by atoms with Crippen molar-refractivity contribution in [3.63, 3.8) is 0 Å². The highest BCUT2D eigenvalue weighted by Gasteiger charge is 2.38. The number of aromatic nitrogens is 1. The number of rotatable bonds is 12. The molecule has 2 aliphatic rings. The Bertz CT molecular complexity index is 1170. The number of hydrogen-bond donors (Lipinski definition) is 1. The van der Waals surface area contributed by atoms with Gasteiger partial charge in [-0.25, -0.2) is 9.78 Å². The van der Waals surface area contributed by atoms with Crippen LogP contribution >= 0.6 is 0 Å². The summed E-state index contributed by atoms with van der Waals surface area (Å²) < 4.78 is 16.6. The van der Waals surface area contributed by atoms with E-state index >= 15 is 0 Å². The van der Waals surface area contributed by atoms with Crippen molar-refractivity contribution in [2.75, 3.05) is 40.0 Å². The van der Waals surface area contributed by atoms with Gasteiger partial charge in [0.2, 0.25) is 5.88 Å². The van der Waals surface area contributed by atoms with E-state index in [1.54, 1.807) is 7.11 Å². The smallest absolute Gasteiger partial charge is 0.318 e. The highest BCUT2D eigenvalue weighted by Crippen LogP contribution is 2.28. The minimum absolute atomic E-state index is 0.0237. The Kier molecular flexibility index (Phi) is 10.2. The zero-order valence-corrected chi connectivity index (χ0v) is 23.3. The third-order valence-electron chi connectivity index (χ3n) is 7.24. The van der Waals surface area contributed by atoms with Crippen molar-refractivity contribution < 1.29 is 19.0 Å². The molecule has 1 N–H and O–H groups in total. The number of carbonyl (C=O) groups is 1. The largest absolute Gasteiger partial charge is 0.491 e. The first-order valence-electron chi connectivity index (χ1n) is 13.6. The summed E-state index contributed by atoms with van der Waals surface area (Å²) in [4.78, 5) is 21.9. The number of urea groups is 1. The second-order valence-corrected chi connectivity index (χ2v) is 9.82. The number of hydrogen-bond acceptors (Lipinski definition) is 6. The van der Waals surface area contributed by atoms with Gasteiger partial charge in [-0.3, -0.25) is 4.90 Å². The number of benzene rings is 1. The maximum Gasteiger partial charge on any atom is 0.318 e. The van der Waals surface area contributed by atoms with Crippen molar-refractivity contribution >= 4 is 6.03 Å². The second kappa shape index (κ2) is 14.0. The molecule has 2 saturated heterocycles. The first kappa shape index (κ1) is 28.4. The Morgan fingerprint density at radius 1 is 1.13 bits per heavy atom. The van der Waals surface area contributed by atoms with Crippen LogP contribution < -0.4 is 14.8 Å². The van der Waals surface area contributed by atoms with Crippen LogP contribution in [0, 0.1) is 6.92 Å². The maximum atomic E-state index is 12.7. The molecule has 8 nitrogen and oxygen atoms in total. The van der Waals surface area contributed by atoms with Crippen LogP contribution in [-0.2, 0) is 11.3 Å². The van der Waals surface area contributed by atoms with Crippen LogP contribution in [0.4, 0.5) is 4.79 Å². The number of nitrogens with zero attached hydrogens (tertiary/aromatic N) is 3. The van der Waals surface area contributed by atoms with Gasteiger partial charge in [0, 0.05) is 51.1 Å². The SMILES string of the molecule is C=C/C(=C\C=C/C)C1CNC(=O)N1C1CCN(Cc2ccc(Oc3ccc(OCCOC)cc3)nc2C)CC1. The summed E-state index contributed by atoms with van der Waals surface area (Å²) in [6, 6.07) is 11.8. The van der Waals surface area contributed by atoms with Gasteiger partial charge >= 0.3 is 6.03 Å². The molecule has 1 aromatic carbocycles. The van der Waals surface area contributed by atoms with E-state index in [1.165, 1.54) is 5.56 Å². The summed E-state index contributed by atoms with van der Waals surface area (Å²) in [5.74, 6) is 2.05. The topological polar surface area (TPSA) is 76.2 Å². The summed E-state index contributed by atoms with van der Waals surface area (Å²) >= 11 is 0. The molecule has 2 aromatic rings. The maximum absolute atomic E-state index is 12.7. The molecule has 1 aromatic heterocycles. The summed E-state index contributed by atoms with van der Waals surface area (Å²) in [6.07, 6.45) is 9.79. The average Bonchev–Trinajstić information content (AvgIpc) is 3.33. The molecule has 8 heteroatoms. The summed E-state index contributed by atoms with van der Waals surface area (Å²) in [7, 11) is 1.65. The van der Waals surface area contributed by atoms with Gasteiger partial charge in [0.25, 0.3) is 0 Å². The Balaban J connectivity index is 1.30. The fourth-order valence-electron chi connectivity index (χ4n) is 5.09. The number of carbonyl (C=O) groups excluding carboxylic acids is 1. The number of piperidine rings is 1. The molecule has 0 bridgehead atoms. The minimum Gasteiger partial charge on any atom is -0.491 e. The average molecular weight is 533 g/mol. The lowest BCUT2D eigenvalue weighted by Gasteiger charge is -2.39. The Hall–Kier alpha value is -3.62. The molecule has 0 aliphatic carbocycles. The van der Waals surface area contributed by atoms with Crippen LogP contribution in [0.5, 0.6) is 17.4 Å². The Morgan fingerprint density at radius 3 is 2.54 bits per heavy atom.